The number of carbonyl (C=O) groups is 2. The number of carbonyl (C=O) groups excluding carboxylic acids is 2. The van der Waals surface area contributed by atoms with Crippen molar-refractivity contribution in [3.63, 3.8) is 0 Å². The molecule has 0 rings (SSSR count). The highest BCUT2D eigenvalue weighted by molar-refractivity contribution is 5.76. The van der Waals surface area contributed by atoms with Gasteiger partial charge in [0.2, 0.25) is 0 Å². The average Bonchev–Trinajstić information content (AvgIpc) is 2.47. The minimum Gasteiger partial charge on any atom is -0.498 e. The molecule has 0 aromatic carbocycles. The van der Waals surface area contributed by atoms with Crippen LogP contribution in [0.4, 0.5) is 0 Å². The van der Waals surface area contributed by atoms with Crippen LogP contribution in [0.5, 0.6) is 0 Å². The molecule has 0 bridgehead atoms. The number of rotatable bonds is 10. The van der Waals surface area contributed by atoms with Gasteiger partial charge in [-0.25, -0.2) is 0 Å². The van der Waals surface area contributed by atoms with Crippen molar-refractivity contribution in [2.75, 3.05) is 27.4 Å². The molecule has 0 aliphatic carbocycles. The number of hydrogen-bond acceptors (Lipinski definition) is 6. The van der Waals surface area contributed by atoms with Gasteiger partial charge in [0.25, 0.3) is 0 Å². The first-order valence-electron chi connectivity index (χ1n) is 7.22. The van der Waals surface area contributed by atoms with E-state index < -0.39 is 10.8 Å². The SMILES string of the molecule is COC(=O)C(C)(C)CCO/C=C/OCCC(C)(C)C(=O)OC. The molecule has 0 saturated carbocycles. The maximum Gasteiger partial charge on any atom is 0.311 e. The Kier molecular flexibility index (Phi) is 8.60. The lowest BCUT2D eigenvalue weighted by atomic mass is 9.90. The van der Waals surface area contributed by atoms with E-state index >= 15 is 0 Å². The number of ether oxygens (including phenoxy) is 4. The Bertz CT molecular complexity index is 348. The molecular formula is C16H28O6. The molecule has 0 aromatic heterocycles. The van der Waals surface area contributed by atoms with Crippen LogP contribution in [0, 0.1) is 10.8 Å². The molecule has 128 valence electrons. The third-order valence-corrected chi connectivity index (χ3v) is 3.41. The summed E-state index contributed by atoms with van der Waals surface area (Å²) < 4.78 is 19.9. The number of hydrogen-bond donors (Lipinski definition) is 0. The molecule has 0 heterocycles. The highest BCUT2D eigenvalue weighted by Gasteiger charge is 2.29. The van der Waals surface area contributed by atoms with Gasteiger partial charge >= 0.3 is 11.9 Å². The summed E-state index contributed by atoms with van der Waals surface area (Å²) >= 11 is 0. The van der Waals surface area contributed by atoms with E-state index in [1.807, 2.05) is 0 Å². The smallest absolute Gasteiger partial charge is 0.311 e. The Morgan fingerprint density at radius 2 is 1.09 bits per heavy atom. The monoisotopic (exact) mass is 316 g/mol. The van der Waals surface area contributed by atoms with Gasteiger partial charge in [0.15, 0.2) is 0 Å². The van der Waals surface area contributed by atoms with E-state index in [-0.39, 0.29) is 11.9 Å². The van der Waals surface area contributed by atoms with Gasteiger partial charge in [-0.2, -0.15) is 0 Å². The quantitative estimate of drug-likeness (QED) is 0.350. The maximum absolute atomic E-state index is 11.5. The van der Waals surface area contributed by atoms with Gasteiger partial charge in [0.1, 0.15) is 12.5 Å². The third kappa shape index (κ3) is 7.33. The van der Waals surface area contributed by atoms with Crippen LogP contribution in [-0.4, -0.2) is 39.4 Å². The van der Waals surface area contributed by atoms with Gasteiger partial charge in [-0.1, -0.05) is 0 Å². The molecule has 0 N–H and O–H groups in total. The van der Waals surface area contributed by atoms with E-state index in [9.17, 15) is 9.59 Å². The average molecular weight is 316 g/mol. The van der Waals surface area contributed by atoms with E-state index in [4.69, 9.17) is 18.9 Å². The van der Waals surface area contributed by atoms with Crippen LogP contribution in [0.25, 0.3) is 0 Å². The predicted octanol–water partition coefficient (Wildman–Crippen LogP) is 2.67. The molecule has 0 aromatic rings. The second-order valence-electron chi connectivity index (χ2n) is 6.26. The first kappa shape index (κ1) is 20.3. The fourth-order valence-electron chi connectivity index (χ4n) is 1.60. The van der Waals surface area contributed by atoms with Gasteiger partial charge in [-0.05, 0) is 40.5 Å². The third-order valence-electron chi connectivity index (χ3n) is 3.41. The zero-order chi connectivity index (χ0) is 17.2. The first-order chi connectivity index (χ1) is 10.2. The minimum absolute atomic E-state index is 0.263. The molecule has 0 fully saturated rings. The second kappa shape index (κ2) is 9.33. The Morgan fingerprint density at radius 1 is 0.773 bits per heavy atom. The molecule has 6 nitrogen and oxygen atoms in total. The fraction of sp³-hybridized carbons (Fsp3) is 0.750. The summed E-state index contributed by atoms with van der Waals surface area (Å²) in [5.74, 6) is -0.525. The van der Waals surface area contributed by atoms with Crippen LogP contribution >= 0.6 is 0 Å². The van der Waals surface area contributed by atoms with E-state index in [0.717, 1.165) is 0 Å². The second-order valence-corrected chi connectivity index (χ2v) is 6.26. The lowest BCUT2D eigenvalue weighted by molar-refractivity contribution is -0.152. The first-order valence-corrected chi connectivity index (χ1v) is 7.22. The molecule has 0 radical (unpaired) electrons. The fourth-order valence-corrected chi connectivity index (χ4v) is 1.60. The molecule has 0 unspecified atom stereocenters. The summed E-state index contributed by atoms with van der Waals surface area (Å²) in [4.78, 5) is 22.9. The molecule has 22 heavy (non-hydrogen) atoms. The number of esters is 2. The summed E-state index contributed by atoms with van der Waals surface area (Å²) in [7, 11) is 2.74. The molecule has 0 aliphatic rings. The van der Waals surface area contributed by atoms with Crippen LogP contribution in [0.15, 0.2) is 12.5 Å². The summed E-state index contributed by atoms with van der Waals surface area (Å²) in [6.45, 7) is 7.98. The van der Waals surface area contributed by atoms with E-state index in [1.165, 1.54) is 26.7 Å². The van der Waals surface area contributed by atoms with Crippen molar-refractivity contribution in [2.45, 2.75) is 40.5 Å². The lowest BCUT2D eigenvalue weighted by Gasteiger charge is -2.21. The van der Waals surface area contributed by atoms with Crippen LogP contribution in [0.2, 0.25) is 0 Å². The summed E-state index contributed by atoms with van der Waals surface area (Å²) in [5.41, 5.74) is -1.15. The van der Waals surface area contributed by atoms with Crippen molar-refractivity contribution in [1.29, 1.82) is 0 Å². The molecule has 0 spiro atoms. The van der Waals surface area contributed by atoms with Crippen molar-refractivity contribution < 1.29 is 28.5 Å². The highest BCUT2D eigenvalue weighted by Crippen LogP contribution is 2.22. The molecule has 0 saturated heterocycles. The van der Waals surface area contributed by atoms with E-state index in [1.54, 1.807) is 27.7 Å². The van der Waals surface area contributed by atoms with Crippen LogP contribution in [0.1, 0.15) is 40.5 Å². The van der Waals surface area contributed by atoms with Crippen LogP contribution in [0.3, 0.4) is 0 Å². The zero-order valence-electron chi connectivity index (χ0n) is 14.4. The van der Waals surface area contributed by atoms with Crippen molar-refractivity contribution in [2.24, 2.45) is 10.8 Å². The van der Waals surface area contributed by atoms with Gasteiger partial charge in [0.05, 0.1) is 38.3 Å². The Balaban J connectivity index is 3.86. The van der Waals surface area contributed by atoms with Crippen molar-refractivity contribution in [3.05, 3.63) is 12.5 Å². The summed E-state index contributed by atoms with van der Waals surface area (Å²) in [5, 5.41) is 0. The van der Waals surface area contributed by atoms with Crippen molar-refractivity contribution in [1.82, 2.24) is 0 Å². The number of methoxy groups -OCH3 is 2. The molecular weight excluding hydrogens is 288 g/mol. The van der Waals surface area contributed by atoms with Gasteiger partial charge < -0.3 is 18.9 Å². The molecule has 0 atom stereocenters. The Morgan fingerprint density at radius 3 is 1.36 bits per heavy atom. The zero-order valence-corrected chi connectivity index (χ0v) is 14.4. The standard InChI is InChI=1S/C16H28O6/c1-15(2,13(17)19-5)7-9-21-11-12-22-10-8-16(3,4)14(18)20-6/h11-12H,7-10H2,1-6H3/b12-11+. The highest BCUT2D eigenvalue weighted by atomic mass is 16.5. The Hall–Kier alpha value is -1.72. The largest absolute Gasteiger partial charge is 0.498 e. The molecule has 0 amide bonds. The van der Waals surface area contributed by atoms with Crippen LogP contribution in [-0.2, 0) is 28.5 Å². The van der Waals surface area contributed by atoms with Gasteiger partial charge in [-0.3, -0.25) is 9.59 Å². The normalized spacial score (nSPS) is 12.1. The molecule has 0 aliphatic heterocycles. The topological polar surface area (TPSA) is 71.1 Å². The summed E-state index contributed by atoms with van der Waals surface area (Å²) in [6, 6.07) is 0. The van der Waals surface area contributed by atoms with Crippen LogP contribution < -0.4 is 0 Å². The molecule has 6 heteroatoms. The van der Waals surface area contributed by atoms with Crippen molar-refractivity contribution >= 4 is 11.9 Å². The van der Waals surface area contributed by atoms with Gasteiger partial charge in [0, 0.05) is 0 Å². The minimum atomic E-state index is -0.575. The predicted molar refractivity (Wildman–Crippen MR) is 81.9 cm³/mol. The Labute approximate surface area is 132 Å². The van der Waals surface area contributed by atoms with E-state index in [2.05, 4.69) is 0 Å². The lowest BCUT2D eigenvalue weighted by Crippen LogP contribution is -2.27. The summed E-state index contributed by atoms with van der Waals surface area (Å²) in [6.07, 6.45) is 3.94. The van der Waals surface area contributed by atoms with Crippen molar-refractivity contribution in [3.8, 4) is 0 Å². The van der Waals surface area contributed by atoms with E-state index in [0.29, 0.717) is 26.1 Å². The maximum atomic E-state index is 11.5. The van der Waals surface area contributed by atoms with Gasteiger partial charge in [-0.15, -0.1) is 0 Å².